The van der Waals surface area contributed by atoms with E-state index in [1.165, 1.54) is 5.56 Å². The third-order valence-electron chi connectivity index (χ3n) is 4.63. The first-order chi connectivity index (χ1) is 13.4. The third kappa shape index (κ3) is 6.27. The summed E-state index contributed by atoms with van der Waals surface area (Å²) in [5, 5.41) is 6.33. The maximum absolute atomic E-state index is 12.4. The van der Waals surface area contributed by atoms with Crippen molar-refractivity contribution in [3.8, 4) is 11.5 Å². The van der Waals surface area contributed by atoms with Gasteiger partial charge in [0.2, 0.25) is 5.91 Å². The summed E-state index contributed by atoms with van der Waals surface area (Å²) in [6.07, 6.45) is 0.943. The standard InChI is InChI=1S/C23H32N2O3/c1-6-13-28-21-12-11-20(14-22(21)27-5)17(3)25-18(4)23(26)24-15-19-9-7-16(2)8-10-19/h7-12,14,17-18,25H,6,13,15H2,1-5H3,(H,24,26). The minimum atomic E-state index is -0.317. The topological polar surface area (TPSA) is 59.6 Å². The van der Waals surface area contributed by atoms with Gasteiger partial charge in [-0.3, -0.25) is 10.1 Å². The Morgan fingerprint density at radius 1 is 1.07 bits per heavy atom. The lowest BCUT2D eigenvalue weighted by molar-refractivity contribution is -0.123. The molecule has 2 rings (SSSR count). The molecule has 0 spiro atoms. The van der Waals surface area contributed by atoms with Crippen molar-refractivity contribution in [2.24, 2.45) is 0 Å². The summed E-state index contributed by atoms with van der Waals surface area (Å²) in [6.45, 7) is 9.20. The molecule has 2 aromatic rings. The maximum atomic E-state index is 12.4. The van der Waals surface area contributed by atoms with Crippen molar-refractivity contribution in [2.45, 2.75) is 52.7 Å². The van der Waals surface area contributed by atoms with Crippen LogP contribution >= 0.6 is 0 Å². The van der Waals surface area contributed by atoms with Gasteiger partial charge in [0.05, 0.1) is 19.8 Å². The summed E-state index contributed by atoms with van der Waals surface area (Å²) in [7, 11) is 1.64. The van der Waals surface area contributed by atoms with Gasteiger partial charge in [-0.05, 0) is 50.5 Å². The first-order valence-corrected chi connectivity index (χ1v) is 9.84. The van der Waals surface area contributed by atoms with Crippen molar-refractivity contribution in [1.29, 1.82) is 0 Å². The Hall–Kier alpha value is -2.53. The molecule has 5 nitrogen and oxygen atoms in total. The van der Waals surface area contributed by atoms with E-state index in [4.69, 9.17) is 9.47 Å². The number of hydrogen-bond acceptors (Lipinski definition) is 4. The molecule has 2 aromatic carbocycles. The molecule has 2 N–H and O–H groups in total. The predicted molar refractivity (Wildman–Crippen MR) is 113 cm³/mol. The van der Waals surface area contributed by atoms with E-state index in [2.05, 4.69) is 17.6 Å². The Morgan fingerprint density at radius 3 is 2.43 bits per heavy atom. The number of nitrogens with one attached hydrogen (secondary N) is 2. The SMILES string of the molecule is CCCOc1ccc(C(C)NC(C)C(=O)NCc2ccc(C)cc2)cc1OC. The molecule has 1 amide bonds. The van der Waals surface area contributed by atoms with Crippen molar-refractivity contribution in [3.63, 3.8) is 0 Å². The number of ether oxygens (including phenoxy) is 2. The number of aryl methyl sites for hydroxylation is 1. The summed E-state index contributed by atoms with van der Waals surface area (Å²) < 4.78 is 11.2. The molecule has 0 aliphatic rings. The van der Waals surface area contributed by atoms with E-state index < -0.39 is 0 Å². The molecule has 5 heteroatoms. The Bertz CT molecular complexity index is 759. The van der Waals surface area contributed by atoms with Gasteiger partial charge in [0, 0.05) is 12.6 Å². The van der Waals surface area contributed by atoms with Crippen LogP contribution in [0.4, 0.5) is 0 Å². The number of amides is 1. The van der Waals surface area contributed by atoms with Gasteiger partial charge in [-0.25, -0.2) is 0 Å². The second kappa shape index (κ2) is 10.7. The van der Waals surface area contributed by atoms with Crippen molar-refractivity contribution >= 4 is 5.91 Å². The van der Waals surface area contributed by atoms with Gasteiger partial charge in [0.15, 0.2) is 11.5 Å². The van der Waals surface area contributed by atoms with Gasteiger partial charge < -0.3 is 14.8 Å². The minimum absolute atomic E-state index is 0.00532. The summed E-state index contributed by atoms with van der Waals surface area (Å²) in [5.74, 6) is 1.42. The van der Waals surface area contributed by atoms with E-state index in [0.717, 1.165) is 23.3 Å². The van der Waals surface area contributed by atoms with Crippen LogP contribution in [-0.2, 0) is 11.3 Å². The highest BCUT2D eigenvalue weighted by molar-refractivity contribution is 5.81. The molecule has 0 radical (unpaired) electrons. The average Bonchev–Trinajstić information content (AvgIpc) is 2.71. The van der Waals surface area contributed by atoms with Crippen LogP contribution in [0.5, 0.6) is 11.5 Å². The van der Waals surface area contributed by atoms with Crippen LogP contribution in [0, 0.1) is 6.92 Å². The van der Waals surface area contributed by atoms with Gasteiger partial charge in [-0.1, -0.05) is 42.8 Å². The third-order valence-corrected chi connectivity index (χ3v) is 4.63. The Kier molecular flexibility index (Phi) is 8.33. The van der Waals surface area contributed by atoms with Gasteiger partial charge in [0.25, 0.3) is 0 Å². The second-order valence-electron chi connectivity index (χ2n) is 7.07. The molecule has 2 unspecified atom stereocenters. The van der Waals surface area contributed by atoms with Crippen molar-refractivity contribution in [3.05, 3.63) is 59.2 Å². The van der Waals surface area contributed by atoms with Crippen LogP contribution in [0.2, 0.25) is 0 Å². The van der Waals surface area contributed by atoms with Crippen LogP contribution in [0.15, 0.2) is 42.5 Å². The van der Waals surface area contributed by atoms with E-state index in [1.54, 1.807) is 7.11 Å². The molecule has 152 valence electrons. The first-order valence-electron chi connectivity index (χ1n) is 9.84. The Labute approximate surface area is 168 Å². The monoisotopic (exact) mass is 384 g/mol. The summed E-state index contributed by atoms with van der Waals surface area (Å²) in [4.78, 5) is 12.4. The predicted octanol–water partition coefficient (Wildman–Crippen LogP) is 4.15. The molecule has 0 aliphatic heterocycles. The number of carbonyl (C=O) groups excluding carboxylic acids is 1. The Morgan fingerprint density at radius 2 is 1.79 bits per heavy atom. The van der Waals surface area contributed by atoms with Crippen LogP contribution in [0.3, 0.4) is 0 Å². The van der Waals surface area contributed by atoms with Crippen molar-refractivity contribution in [1.82, 2.24) is 10.6 Å². The lowest BCUT2D eigenvalue weighted by Gasteiger charge is -2.21. The van der Waals surface area contributed by atoms with E-state index >= 15 is 0 Å². The number of carbonyl (C=O) groups is 1. The molecule has 0 bridgehead atoms. The van der Waals surface area contributed by atoms with Crippen LogP contribution in [0.1, 0.15) is 49.9 Å². The molecule has 2 atom stereocenters. The minimum Gasteiger partial charge on any atom is -0.493 e. The quantitative estimate of drug-likeness (QED) is 0.646. The smallest absolute Gasteiger partial charge is 0.237 e. The zero-order valence-corrected chi connectivity index (χ0v) is 17.5. The lowest BCUT2D eigenvalue weighted by atomic mass is 10.1. The highest BCUT2D eigenvalue weighted by Crippen LogP contribution is 2.30. The van der Waals surface area contributed by atoms with Crippen LogP contribution in [0.25, 0.3) is 0 Å². The largest absolute Gasteiger partial charge is 0.493 e. The molecule has 0 saturated heterocycles. The molecule has 0 aromatic heterocycles. The molecule has 0 saturated carbocycles. The molecule has 0 aliphatic carbocycles. The van der Waals surface area contributed by atoms with E-state index in [9.17, 15) is 4.79 Å². The summed E-state index contributed by atoms with van der Waals surface area (Å²) in [5.41, 5.74) is 3.34. The molecule has 0 fully saturated rings. The highest BCUT2D eigenvalue weighted by Gasteiger charge is 2.17. The zero-order chi connectivity index (χ0) is 20.5. The van der Waals surface area contributed by atoms with E-state index in [-0.39, 0.29) is 18.0 Å². The lowest BCUT2D eigenvalue weighted by Crippen LogP contribution is -2.42. The van der Waals surface area contributed by atoms with Gasteiger partial charge in [0.1, 0.15) is 0 Å². The Balaban J connectivity index is 1.92. The maximum Gasteiger partial charge on any atom is 0.237 e. The number of benzene rings is 2. The fourth-order valence-corrected chi connectivity index (χ4v) is 2.88. The summed E-state index contributed by atoms with van der Waals surface area (Å²) >= 11 is 0. The number of rotatable bonds is 10. The molecule has 28 heavy (non-hydrogen) atoms. The van der Waals surface area contributed by atoms with Crippen LogP contribution < -0.4 is 20.1 Å². The normalized spacial score (nSPS) is 12.9. The molecular weight excluding hydrogens is 352 g/mol. The molecule has 0 heterocycles. The fourth-order valence-electron chi connectivity index (χ4n) is 2.88. The van der Waals surface area contributed by atoms with Gasteiger partial charge in [-0.2, -0.15) is 0 Å². The highest BCUT2D eigenvalue weighted by atomic mass is 16.5. The van der Waals surface area contributed by atoms with E-state index in [1.807, 2.05) is 63.2 Å². The second-order valence-corrected chi connectivity index (χ2v) is 7.07. The summed E-state index contributed by atoms with van der Waals surface area (Å²) in [6, 6.07) is 13.7. The molecular formula is C23H32N2O3. The number of hydrogen-bond donors (Lipinski definition) is 2. The van der Waals surface area contributed by atoms with Gasteiger partial charge in [-0.15, -0.1) is 0 Å². The van der Waals surface area contributed by atoms with Crippen molar-refractivity contribution in [2.75, 3.05) is 13.7 Å². The van der Waals surface area contributed by atoms with Crippen molar-refractivity contribution < 1.29 is 14.3 Å². The average molecular weight is 385 g/mol. The van der Waals surface area contributed by atoms with Gasteiger partial charge >= 0.3 is 0 Å². The number of methoxy groups -OCH3 is 1. The van der Waals surface area contributed by atoms with E-state index in [0.29, 0.717) is 18.9 Å². The zero-order valence-electron chi connectivity index (χ0n) is 17.5. The first kappa shape index (κ1) is 21.8. The fraction of sp³-hybridized carbons (Fsp3) is 0.435. The van der Waals surface area contributed by atoms with Crippen LogP contribution in [-0.4, -0.2) is 25.7 Å².